The zero-order chi connectivity index (χ0) is 13.3. The quantitative estimate of drug-likeness (QED) is 0.885. The predicted molar refractivity (Wildman–Crippen MR) is 68.5 cm³/mol. The zero-order valence-corrected chi connectivity index (χ0v) is 10.3. The van der Waals surface area contributed by atoms with E-state index in [0.29, 0.717) is 10.6 Å². The number of hydrogen-bond donors (Lipinski definition) is 1. The summed E-state index contributed by atoms with van der Waals surface area (Å²) < 4.78 is 13.6. The molecule has 0 radical (unpaired) electrons. The van der Waals surface area contributed by atoms with Crippen molar-refractivity contribution in [3.63, 3.8) is 0 Å². The van der Waals surface area contributed by atoms with Gasteiger partial charge < -0.3 is 5.11 Å². The minimum Gasteiger partial charge on any atom is -0.478 e. The van der Waals surface area contributed by atoms with E-state index >= 15 is 0 Å². The van der Waals surface area contributed by atoms with Gasteiger partial charge in [0.25, 0.3) is 0 Å². The van der Waals surface area contributed by atoms with Gasteiger partial charge in [-0.15, -0.1) is 0 Å². The second-order valence-corrected chi connectivity index (χ2v) is 4.37. The second-order valence-electron chi connectivity index (χ2n) is 3.96. The summed E-state index contributed by atoms with van der Waals surface area (Å²) in [6.45, 7) is 1.85. The summed E-state index contributed by atoms with van der Waals surface area (Å²) in [6.07, 6.45) is 0. The highest BCUT2D eigenvalue weighted by Gasteiger charge is 2.11. The number of rotatable bonds is 2. The van der Waals surface area contributed by atoms with Crippen molar-refractivity contribution in [1.82, 2.24) is 0 Å². The Morgan fingerprint density at radius 1 is 1.17 bits per heavy atom. The van der Waals surface area contributed by atoms with Crippen LogP contribution in [0.1, 0.15) is 15.9 Å². The van der Waals surface area contributed by atoms with Gasteiger partial charge in [-0.25, -0.2) is 9.18 Å². The molecule has 0 saturated carbocycles. The highest BCUT2D eigenvalue weighted by Crippen LogP contribution is 2.26. The highest BCUT2D eigenvalue weighted by molar-refractivity contribution is 6.31. The second kappa shape index (κ2) is 4.78. The summed E-state index contributed by atoms with van der Waals surface area (Å²) in [4.78, 5) is 10.7. The molecule has 18 heavy (non-hydrogen) atoms. The fraction of sp³-hybridized carbons (Fsp3) is 0.0714. The van der Waals surface area contributed by atoms with Gasteiger partial charge in [-0.05, 0) is 47.9 Å². The maximum atomic E-state index is 13.6. The first-order valence-corrected chi connectivity index (χ1v) is 5.66. The van der Waals surface area contributed by atoms with Crippen molar-refractivity contribution in [3.8, 4) is 11.1 Å². The van der Waals surface area contributed by atoms with Crippen molar-refractivity contribution in [2.24, 2.45) is 0 Å². The Balaban J connectivity index is 2.48. The molecule has 4 heteroatoms. The minimum absolute atomic E-state index is 0.329. The molecule has 0 aliphatic rings. The summed E-state index contributed by atoms with van der Waals surface area (Å²) >= 11 is 5.91. The molecule has 0 aliphatic carbocycles. The Kier molecular flexibility index (Phi) is 3.34. The Bertz CT molecular complexity index is 623. The molecule has 2 aromatic carbocycles. The van der Waals surface area contributed by atoms with Crippen LogP contribution in [0.2, 0.25) is 5.02 Å². The summed E-state index contributed by atoms with van der Waals surface area (Å²) in [5, 5.41) is 9.39. The van der Waals surface area contributed by atoms with Crippen LogP contribution in [0.5, 0.6) is 0 Å². The van der Waals surface area contributed by atoms with Crippen LogP contribution in [-0.2, 0) is 0 Å². The van der Waals surface area contributed by atoms with Gasteiger partial charge >= 0.3 is 5.97 Å². The van der Waals surface area contributed by atoms with E-state index in [9.17, 15) is 9.18 Å². The molecule has 0 bridgehead atoms. The smallest absolute Gasteiger partial charge is 0.338 e. The molecular formula is C14H10ClFO2. The maximum Gasteiger partial charge on any atom is 0.338 e. The van der Waals surface area contributed by atoms with Gasteiger partial charge in [-0.2, -0.15) is 0 Å². The first kappa shape index (κ1) is 12.6. The van der Waals surface area contributed by atoms with E-state index in [-0.39, 0.29) is 5.56 Å². The van der Waals surface area contributed by atoms with E-state index in [4.69, 9.17) is 16.7 Å². The van der Waals surface area contributed by atoms with E-state index in [1.165, 1.54) is 12.1 Å². The lowest BCUT2D eigenvalue weighted by molar-refractivity contribution is 0.0692. The number of hydrogen-bond acceptors (Lipinski definition) is 1. The molecule has 0 fully saturated rings. The van der Waals surface area contributed by atoms with Crippen LogP contribution in [0.15, 0.2) is 36.4 Å². The monoisotopic (exact) mass is 264 g/mol. The van der Waals surface area contributed by atoms with Gasteiger partial charge in [0.2, 0.25) is 0 Å². The lowest BCUT2D eigenvalue weighted by Crippen LogP contribution is -2.00. The molecule has 0 saturated heterocycles. The molecular weight excluding hydrogens is 255 g/mol. The molecule has 0 heterocycles. The van der Waals surface area contributed by atoms with E-state index in [1.807, 2.05) is 13.0 Å². The molecule has 0 aromatic heterocycles. The molecule has 0 spiro atoms. The van der Waals surface area contributed by atoms with Crippen LogP contribution in [-0.4, -0.2) is 11.1 Å². The van der Waals surface area contributed by atoms with Crippen molar-refractivity contribution in [2.75, 3.05) is 0 Å². The third-order valence-corrected chi connectivity index (χ3v) is 3.11. The molecule has 0 atom stereocenters. The molecule has 2 nitrogen and oxygen atoms in total. The van der Waals surface area contributed by atoms with Crippen molar-refractivity contribution in [1.29, 1.82) is 0 Å². The molecule has 0 amide bonds. The third kappa shape index (κ3) is 2.36. The zero-order valence-electron chi connectivity index (χ0n) is 9.58. The van der Waals surface area contributed by atoms with E-state index in [1.54, 1.807) is 18.2 Å². The Hall–Kier alpha value is -1.87. The van der Waals surface area contributed by atoms with E-state index < -0.39 is 11.8 Å². The normalized spacial score (nSPS) is 10.4. The molecule has 0 unspecified atom stereocenters. The number of halogens is 2. The lowest BCUT2D eigenvalue weighted by atomic mass is 10.0. The molecule has 1 N–H and O–H groups in total. The number of carboxylic acid groups (broad SMARTS) is 1. The van der Waals surface area contributed by atoms with Gasteiger partial charge in [0, 0.05) is 5.02 Å². The average molecular weight is 265 g/mol. The fourth-order valence-corrected chi connectivity index (χ4v) is 1.81. The van der Waals surface area contributed by atoms with E-state index in [0.717, 1.165) is 11.1 Å². The highest BCUT2D eigenvalue weighted by atomic mass is 35.5. The summed E-state index contributed by atoms with van der Waals surface area (Å²) in [6, 6.07) is 9.38. The van der Waals surface area contributed by atoms with Gasteiger partial charge in [0.15, 0.2) is 0 Å². The van der Waals surface area contributed by atoms with Crippen LogP contribution in [0, 0.1) is 12.7 Å². The Morgan fingerprint density at radius 2 is 1.78 bits per heavy atom. The average Bonchev–Trinajstić information content (AvgIpc) is 2.32. The van der Waals surface area contributed by atoms with Gasteiger partial charge in [-0.1, -0.05) is 23.7 Å². The number of carboxylic acids is 1. The van der Waals surface area contributed by atoms with Gasteiger partial charge in [0.1, 0.15) is 5.82 Å². The first-order chi connectivity index (χ1) is 8.49. The Morgan fingerprint density at radius 3 is 2.33 bits per heavy atom. The van der Waals surface area contributed by atoms with E-state index in [2.05, 4.69) is 0 Å². The van der Waals surface area contributed by atoms with Crippen LogP contribution in [0.3, 0.4) is 0 Å². The van der Waals surface area contributed by atoms with Crippen molar-refractivity contribution < 1.29 is 14.3 Å². The summed E-state index contributed by atoms with van der Waals surface area (Å²) in [7, 11) is 0. The molecule has 0 aliphatic heterocycles. The maximum absolute atomic E-state index is 13.6. The first-order valence-electron chi connectivity index (χ1n) is 5.28. The topological polar surface area (TPSA) is 37.3 Å². The molecule has 2 aromatic rings. The fourth-order valence-electron chi connectivity index (χ4n) is 1.69. The standard InChI is InChI=1S/C14H10ClFO2/c1-8-6-9(3-5-12(8)15)10-2-4-11(14(17)18)13(16)7-10/h2-7H,1H3,(H,17,18). The minimum atomic E-state index is -1.27. The van der Waals surface area contributed by atoms with Crippen molar-refractivity contribution in [2.45, 2.75) is 6.92 Å². The molecule has 2 rings (SSSR count). The Labute approximate surface area is 109 Å². The number of carbonyl (C=O) groups is 1. The largest absolute Gasteiger partial charge is 0.478 e. The summed E-state index contributed by atoms with van der Waals surface area (Å²) in [5.41, 5.74) is 1.98. The van der Waals surface area contributed by atoms with Crippen molar-refractivity contribution in [3.05, 3.63) is 58.4 Å². The number of benzene rings is 2. The summed E-state index contributed by atoms with van der Waals surface area (Å²) in [5.74, 6) is -2.01. The van der Waals surface area contributed by atoms with Crippen LogP contribution in [0.25, 0.3) is 11.1 Å². The number of aromatic carboxylic acids is 1. The third-order valence-electron chi connectivity index (χ3n) is 2.69. The van der Waals surface area contributed by atoms with Gasteiger partial charge in [-0.3, -0.25) is 0 Å². The predicted octanol–water partition coefficient (Wildman–Crippen LogP) is 4.15. The van der Waals surface area contributed by atoms with Gasteiger partial charge in [0.05, 0.1) is 5.56 Å². The number of aryl methyl sites for hydroxylation is 1. The van der Waals surface area contributed by atoms with Crippen molar-refractivity contribution >= 4 is 17.6 Å². The van der Waals surface area contributed by atoms with Crippen LogP contribution < -0.4 is 0 Å². The lowest BCUT2D eigenvalue weighted by Gasteiger charge is -2.06. The van der Waals surface area contributed by atoms with Crippen LogP contribution >= 0.6 is 11.6 Å². The molecule has 92 valence electrons. The van der Waals surface area contributed by atoms with Crippen LogP contribution in [0.4, 0.5) is 4.39 Å². The SMILES string of the molecule is Cc1cc(-c2ccc(C(=O)O)c(F)c2)ccc1Cl.